The molecule has 0 aliphatic carbocycles. The van der Waals surface area contributed by atoms with Crippen molar-refractivity contribution in [1.82, 2.24) is 4.98 Å². The Balaban J connectivity index is 1.46. The molecule has 2 heterocycles. The van der Waals surface area contributed by atoms with E-state index in [1.165, 1.54) is 11.0 Å². The maximum absolute atomic E-state index is 14.2. The second kappa shape index (κ2) is 10.2. The predicted molar refractivity (Wildman–Crippen MR) is 124 cm³/mol. The molecule has 2 aromatic carbocycles. The highest BCUT2D eigenvalue weighted by molar-refractivity contribution is 7.90. The van der Waals surface area contributed by atoms with Crippen LogP contribution in [0.4, 0.5) is 13.9 Å². The molecule has 1 aliphatic rings. The number of hydrogen-bond acceptors (Lipinski definition) is 6. The third-order valence-corrected chi connectivity index (χ3v) is 8.13. The number of ether oxygens (including phenoxy) is 1. The summed E-state index contributed by atoms with van der Waals surface area (Å²) in [5, 5.41) is 0.252. The quantitative estimate of drug-likeness (QED) is 0.438. The highest BCUT2D eigenvalue weighted by Gasteiger charge is 2.27. The Hall–Kier alpha value is -2.43. The SMILES string of the molecule is O=C(CCCS(=O)(=O)Cc1ccccc1)N(CC1CCCO1)c1nc2c(F)cc(F)cc2s1. The third kappa shape index (κ3) is 6.13. The van der Waals surface area contributed by atoms with E-state index in [9.17, 15) is 22.0 Å². The van der Waals surface area contributed by atoms with Crippen molar-refractivity contribution in [1.29, 1.82) is 0 Å². The largest absolute Gasteiger partial charge is 0.376 e. The lowest BCUT2D eigenvalue weighted by atomic mass is 10.2. The van der Waals surface area contributed by atoms with Crippen LogP contribution in [0.15, 0.2) is 42.5 Å². The summed E-state index contributed by atoms with van der Waals surface area (Å²) in [6.45, 7) is 0.837. The predicted octanol–water partition coefficient (Wildman–Crippen LogP) is 4.48. The highest BCUT2D eigenvalue weighted by atomic mass is 32.2. The van der Waals surface area contributed by atoms with E-state index >= 15 is 0 Å². The van der Waals surface area contributed by atoms with Crippen LogP contribution in [-0.2, 0) is 25.1 Å². The summed E-state index contributed by atoms with van der Waals surface area (Å²) in [6.07, 6.45) is 1.63. The molecule has 1 saturated heterocycles. The number of carbonyl (C=O) groups is 1. The zero-order chi connectivity index (χ0) is 23.4. The summed E-state index contributed by atoms with van der Waals surface area (Å²) < 4.78 is 58.6. The highest BCUT2D eigenvalue weighted by Crippen LogP contribution is 2.32. The maximum atomic E-state index is 14.2. The third-order valence-electron chi connectivity index (χ3n) is 5.42. The van der Waals surface area contributed by atoms with Crippen LogP contribution in [0.25, 0.3) is 10.2 Å². The zero-order valence-corrected chi connectivity index (χ0v) is 19.5. The summed E-state index contributed by atoms with van der Waals surface area (Å²) in [7, 11) is -3.37. The summed E-state index contributed by atoms with van der Waals surface area (Å²) >= 11 is 1.03. The zero-order valence-electron chi connectivity index (χ0n) is 17.9. The Labute approximate surface area is 195 Å². The first-order valence-corrected chi connectivity index (χ1v) is 13.4. The lowest BCUT2D eigenvalue weighted by Gasteiger charge is -2.23. The van der Waals surface area contributed by atoms with E-state index in [1.807, 2.05) is 6.07 Å². The average Bonchev–Trinajstić information content (AvgIpc) is 3.42. The van der Waals surface area contributed by atoms with Crippen molar-refractivity contribution in [2.75, 3.05) is 23.8 Å². The van der Waals surface area contributed by atoms with Crippen LogP contribution >= 0.6 is 11.3 Å². The van der Waals surface area contributed by atoms with E-state index in [-0.39, 0.29) is 53.6 Å². The summed E-state index contributed by atoms with van der Waals surface area (Å²) in [6, 6.07) is 10.8. The number of nitrogens with zero attached hydrogens (tertiary/aromatic N) is 2. The Morgan fingerprint density at radius 1 is 1.21 bits per heavy atom. The first-order valence-electron chi connectivity index (χ1n) is 10.7. The second-order valence-electron chi connectivity index (χ2n) is 8.05. The van der Waals surface area contributed by atoms with Crippen LogP contribution in [0, 0.1) is 11.6 Å². The minimum Gasteiger partial charge on any atom is -0.376 e. The molecule has 1 aromatic heterocycles. The fourth-order valence-corrected chi connectivity index (χ4v) is 6.28. The van der Waals surface area contributed by atoms with Crippen molar-refractivity contribution in [2.45, 2.75) is 37.5 Å². The van der Waals surface area contributed by atoms with Gasteiger partial charge in [-0.2, -0.15) is 0 Å². The van der Waals surface area contributed by atoms with Gasteiger partial charge in [0.05, 0.1) is 28.9 Å². The number of aromatic nitrogens is 1. The number of sulfone groups is 1. The van der Waals surface area contributed by atoms with Crippen LogP contribution in [-0.4, -0.2) is 44.3 Å². The molecule has 176 valence electrons. The smallest absolute Gasteiger partial charge is 0.228 e. The van der Waals surface area contributed by atoms with Gasteiger partial charge in [0.15, 0.2) is 20.8 Å². The normalized spacial score (nSPS) is 16.4. The summed E-state index contributed by atoms with van der Waals surface area (Å²) in [5.41, 5.74) is 0.708. The van der Waals surface area contributed by atoms with Gasteiger partial charge in [0, 0.05) is 19.1 Å². The lowest BCUT2D eigenvalue weighted by Crippen LogP contribution is -2.37. The van der Waals surface area contributed by atoms with E-state index in [1.54, 1.807) is 24.3 Å². The molecule has 0 N–H and O–H groups in total. The van der Waals surface area contributed by atoms with Crippen molar-refractivity contribution in [3.63, 3.8) is 0 Å². The van der Waals surface area contributed by atoms with Crippen molar-refractivity contribution in [3.05, 3.63) is 59.7 Å². The van der Waals surface area contributed by atoms with Crippen molar-refractivity contribution >= 4 is 42.4 Å². The lowest BCUT2D eigenvalue weighted by molar-refractivity contribution is -0.119. The number of rotatable bonds is 9. The molecule has 10 heteroatoms. The van der Waals surface area contributed by atoms with E-state index in [4.69, 9.17) is 4.74 Å². The molecule has 1 unspecified atom stereocenters. The molecule has 4 rings (SSSR count). The molecule has 0 spiro atoms. The number of halogens is 2. The number of amides is 1. The van der Waals surface area contributed by atoms with E-state index < -0.39 is 21.5 Å². The minimum absolute atomic E-state index is 0.00644. The first-order chi connectivity index (χ1) is 15.8. The van der Waals surface area contributed by atoms with Gasteiger partial charge in [-0.25, -0.2) is 22.2 Å². The van der Waals surface area contributed by atoms with E-state index in [0.717, 1.165) is 30.2 Å². The number of fused-ring (bicyclic) bond motifs is 1. The Morgan fingerprint density at radius 2 is 2.00 bits per heavy atom. The van der Waals surface area contributed by atoms with Gasteiger partial charge in [-0.1, -0.05) is 41.7 Å². The first kappa shape index (κ1) is 23.7. The average molecular weight is 495 g/mol. The molecule has 1 aliphatic heterocycles. The number of hydrogen-bond donors (Lipinski definition) is 0. The van der Waals surface area contributed by atoms with E-state index in [0.29, 0.717) is 16.9 Å². The number of anilines is 1. The minimum atomic E-state index is -3.37. The Morgan fingerprint density at radius 3 is 2.73 bits per heavy atom. The van der Waals surface area contributed by atoms with Crippen LogP contribution in [0.2, 0.25) is 0 Å². The molecule has 1 atom stereocenters. The molecule has 0 radical (unpaired) electrons. The topological polar surface area (TPSA) is 76.6 Å². The number of thiazole rings is 1. The van der Waals surface area contributed by atoms with Crippen LogP contribution in [0.3, 0.4) is 0 Å². The Kier molecular flexibility index (Phi) is 7.35. The fraction of sp³-hybridized carbons (Fsp3) is 0.391. The molecule has 0 saturated carbocycles. The maximum Gasteiger partial charge on any atom is 0.228 e. The van der Waals surface area contributed by atoms with Gasteiger partial charge in [0.1, 0.15) is 11.3 Å². The van der Waals surface area contributed by atoms with Gasteiger partial charge in [0.25, 0.3) is 0 Å². The van der Waals surface area contributed by atoms with Crippen LogP contribution in [0.5, 0.6) is 0 Å². The molecule has 6 nitrogen and oxygen atoms in total. The monoisotopic (exact) mass is 494 g/mol. The Bertz CT molecular complexity index is 1230. The molecule has 1 amide bonds. The number of benzene rings is 2. The summed E-state index contributed by atoms with van der Waals surface area (Å²) in [5.74, 6) is -2.02. The van der Waals surface area contributed by atoms with Gasteiger partial charge in [-0.05, 0) is 30.9 Å². The van der Waals surface area contributed by atoms with Crippen LogP contribution in [0.1, 0.15) is 31.2 Å². The van der Waals surface area contributed by atoms with Crippen molar-refractivity contribution in [2.24, 2.45) is 0 Å². The fourth-order valence-electron chi connectivity index (χ4n) is 3.82. The van der Waals surface area contributed by atoms with Gasteiger partial charge >= 0.3 is 0 Å². The standard InChI is InChI=1S/C23H24F2N2O4S2/c24-17-12-19(25)22-20(13-17)32-23(26-22)27(14-18-8-4-10-31-18)21(28)9-5-11-33(29,30)15-16-6-2-1-3-7-16/h1-3,6-7,12-13,18H,4-5,8-11,14-15H2. The molecule has 0 bridgehead atoms. The van der Waals surface area contributed by atoms with Crippen molar-refractivity contribution < 1.29 is 26.7 Å². The summed E-state index contributed by atoms with van der Waals surface area (Å²) in [4.78, 5) is 18.7. The van der Waals surface area contributed by atoms with Crippen molar-refractivity contribution in [3.8, 4) is 0 Å². The van der Waals surface area contributed by atoms with E-state index in [2.05, 4.69) is 4.98 Å². The van der Waals surface area contributed by atoms with Gasteiger partial charge in [-0.3, -0.25) is 9.69 Å². The van der Waals surface area contributed by atoms with Gasteiger partial charge in [0.2, 0.25) is 5.91 Å². The number of carbonyl (C=O) groups excluding carboxylic acids is 1. The van der Waals surface area contributed by atoms with Crippen LogP contribution < -0.4 is 4.90 Å². The molecule has 3 aromatic rings. The van der Waals surface area contributed by atoms with Gasteiger partial charge in [-0.15, -0.1) is 0 Å². The molecular weight excluding hydrogens is 470 g/mol. The van der Waals surface area contributed by atoms with Gasteiger partial charge < -0.3 is 4.74 Å². The second-order valence-corrected chi connectivity index (χ2v) is 11.2. The molecule has 33 heavy (non-hydrogen) atoms. The molecular formula is C23H24F2N2O4S2. The molecule has 1 fully saturated rings.